The fourth-order valence-electron chi connectivity index (χ4n) is 4.86. The third-order valence-electron chi connectivity index (χ3n) is 7.05. The average Bonchev–Trinajstić information content (AvgIpc) is 2.93. The van der Waals surface area contributed by atoms with Crippen LogP contribution in [0, 0.1) is 16.7 Å². The molecule has 0 spiro atoms. The van der Waals surface area contributed by atoms with Gasteiger partial charge in [-0.15, -0.1) is 0 Å². The molecule has 2 aliphatic carbocycles. The van der Waals surface area contributed by atoms with Gasteiger partial charge in [-0.1, -0.05) is 20.8 Å². The first-order valence-electron chi connectivity index (χ1n) is 8.89. The van der Waals surface area contributed by atoms with Crippen LogP contribution in [0.4, 0.5) is 0 Å². The van der Waals surface area contributed by atoms with Gasteiger partial charge in [0.25, 0.3) is 5.91 Å². The molecule has 0 saturated heterocycles. The van der Waals surface area contributed by atoms with E-state index in [1.165, 1.54) is 12.8 Å². The molecule has 0 unspecified atom stereocenters. The van der Waals surface area contributed by atoms with Crippen LogP contribution >= 0.6 is 0 Å². The molecule has 0 aromatic heterocycles. The largest absolute Gasteiger partial charge is 0.496 e. The lowest BCUT2D eigenvalue weighted by Crippen LogP contribution is -2.46. The summed E-state index contributed by atoms with van der Waals surface area (Å²) in [5, 5.41) is 3.27. The molecular formula is C20H29NO4. The topological polar surface area (TPSA) is 56.8 Å². The first-order chi connectivity index (χ1) is 11.8. The first-order valence-corrected chi connectivity index (χ1v) is 8.89. The zero-order valence-corrected chi connectivity index (χ0v) is 16.1. The molecule has 5 nitrogen and oxygen atoms in total. The molecule has 1 aromatic carbocycles. The maximum atomic E-state index is 13.0. The number of ether oxygens (including phenoxy) is 3. The van der Waals surface area contributed by atoms with Gasteiger partial charge in [0.05, 0.1) is 26.9 Å². The highest BCUT2D eigenvalue weighted by Crippen LogP contribution is 2.65. The molecule has 5 heteroatoms. The molecule has 1 N–H and O–H groups in total. The van der Waals surface area contributed by atoms with Crippen molar-refractivity contribution in [1.29, 1.82) is 0 Å². The Morgan fingerprint density at radius 1 is 1.04 bits per heavy atom. The summed E-state index contributed by atoms with van der Waals surface area (Å²) in [5.41, 5.74) is 0.869. The van der Waals surface area contributed by atoms with Crippen molar-refractivity contribution in [3.63, 3.8) is 0 Å². The van der Waals surface area contributed by atoms with Gasteiger partial charge in [-0.05, 0) is 36.0 Å². The predicted molar refractivity (Wildman–Crippen MR) is 96.6 cm³/mol. The second kappa shape index (κ2) is 6.11. The van der Waals surface area contributed by atoms with Crippen LogP contribution in [0.25, 0.3) is 0 Å². The van der Waals surface area contributed by atoms with Crippen LogP contribution in [-0.4, -0.2) is 33.3 Å². The Kier molecular flexibility index (Phi) is 4.38. The van der Waals surface area contributed by atoms with E-state index in [0.717, 1.165) is 6.42 Å². The molecule has 25 heavy (non-hydrogen) atoms. The van der Waals surface area contributed by atoms with Crippen LogP contribution in [0.2, 0.25) is 0 Å². The summed E-state index contributed by atoms with van der Waals surface area (Å²) in [5.74, 6) is 2.11. The fraction of sp³-hybridized carbons (Fsp3) is 0.650. The molecule has 3 atom stereocenters. The molecule has 2 saturated carbocycles. The van der Waals surface area contributed by atoms with E-state index in [9.17, 15) is 4.79 Å². The Bertz CT molecular complexity index is 685. The maximum absolute atomic E-state index is 13.0. The van der Waals surface area contributed by atoms with Crippen molar-refractivity contribution in [3.05, 3.63) is 17.7 Å². The third kappa shape index (κ3) is 2.55. The summed E-state index contributed by atoms with van der Waals surface area (Å²) in [4.78, 5) is 13.0. The normalized spacial score (nSPS) is 29.4. The van der Waals surface area contributed by atoms with Crippen LogP contribution in [-0.2, 0) is 0 Å². The zero-order chi connectivity index (χ0) is 18.4. The van der Waals surface area contributed by atoms with E-state index in [1.807, 2.05) is 0 Å². The molecule has 0 aliphatic heterocycles. The van der Waals surface area contributed by atoms with E-state index in [1.54, 1.807) is 33.5 Å². The van der Waals surface area contributed by atoms with Gasteiger partial charge in [-0.2, -0.15) is 0 Å². The van der Waals surface area contributed by atoms with Gasteiger partial charge in [0.2, 0.25) is 0 Å². The molecule has 2 fully saturated rings. The highest BCUT2D eigenvalue weighted by Gasteiger charge is 2.61. The van der Waals surface area contributed by atoms with E-state index in [0.29, 0.717) is 28.7 Å². The van der Waals surface area contributed by atoms with Gasteiger partial charge in [0.1, 0.15) is 5.75 Å². The minimum absolute atomic E-state index is 0.118. The van der Waals surface area contributed by atoms with Gasteiger partial charge in [0, 0.05) is 18.2 Å². The summed E-state index contributed by atoms with van der Waals surface area (Å²) in [6.07, 6.45) is 3.47. The van der Waals surface area contributed by atoms with Crippen LogP contribution in [0.15, 0.2) is 12.1 Å². The van der Waals surface area contributed by atoms with E-state index < -0.39 is 0 Å². The Hall–Kier alpha value is -1.91. The van der Waals surface area contributed by atoms with Crippen molar-refractivity contribution < 1.29 is 19.0 Å². The number of carbonyl (C=O) groups excluding carboxylic acids is 1. The van der Waals surface area contributed by atoms with Crippen molar-refractivity contribution >= 4 is 5.91 Å². The van der Waals surface area contributed by atoms with Gasteiger partial charge >= 0.3 is 0 Å². The number of rotatable bonds is 5. The highest BCUT2D eigenvalue weighted by molar-refractivity contribution is 5.98. The second-order valence-corrected chi connectivity index (χ2v) is 8.04. The van der Waals surface area contributed by atoms with Crippen molar-refractivity contribution in [2.24, 2.45) is 16.7 Å². The molecular weight excluding hydrogens is 318 g/mol. The number of hydrogen-bond donors (Lipinski definition) is 1. The summed E-state index contributed by atoms with van der Waals surface area (Å²) < 4.78 is 16.0. The molecule has 2 bridgehead atoms. The Morgan fingerprint density at radius 3 is 2.12 bits per heavy atom. The summed E-state index contributed by atoms with van der Waals surface area (Å²) >= 11 is 0. The number of hydrogen-bond acceptors (Lipinski definition) is 4. The van der Waals surface area contributed by atoms with E-state index >= 15 is 0 Å². The molecule has 138 valence electrons. The van der Waals surface area contributed by atoms with Crippen LogP contribution in [0.1, 0.15) is 50.4 Å². The number of nitrogens with one attached hydrogen (secondary N) is 1. The molecule has 2 aliphatic rings. The van der Waals surface area contributed by atoms with E-state index in [-0.39, 0.29) is 22.8 Å². The van der Waals surface area contributed by atoms with Gasteiger partial charge in [-0.25, -0.2) is 0 Å². The minimum Gasteiger partial charge on any atom is -0.496 e. The lowest BCUT2D eigenvalue weighted by atomic mass is 9.69. The lowest BCUT2D eigenvalue weighted by molar-refractivity contribution is 0.0823. The van der Waals surface area contributed by atoms with Crippen LogP contribution in [0.5, 0.6) is 17.2 Å². The Labute approximate surface area is 150 Å². The molecule has 3 rings (SSSR count). The van der Waals surface area contributed by atoms with Gasteiger partial charge in [-0.3, -0.25) is 4.79 Å². The quantitative estimate of drug-likeness (QED) is 0.883. The van der Waals surface area contributed by atoms with Crippen molar-refractivity contribution in [3.8, 4) is 17.2 Å². The van der Waals surface area contributed by atoms with Crippen LogP contribution < -0.4 is 19.5 Å². The number of amides is 1. The number of methoxy groups -OCH3 is 3. The van der Waals surface area contributed by atoms with E-state index in [4.69, 9.17) is 14.2 Å². The average molecular weight is 347 g/mol. The van der Waals surface area contributed by atoms with Crippen molar-refractivity contribution in [2.45, 2.75) is 46.1 Å². The summed E-state index contributed by atoms with van der Waals surface area (Å²) in [7, 11) is 4.68. The second-order valence-electron chi connectivity index (χ2n) is 8.04. The van der Waals surface area contributed by atoms with Crippen molar-refractivity contribution in [2.75, 3.05) is 21.3 Å². The standard InChI is InChI=1S/C20H29NO4/c1-19(2)12-7-8-20(19,3)17(9-12)21-18(22)13-10-15(24-5)16(25-6)11-14(13)23-4/h10-12,17H,7-9H2,1-6H3,(H,21,22)/t12-,17-,20+/m0/s1. The predicted octanol–water partition coefficient (Wildman–Crippen LogP) is 3.66. The minimum atomic E-state index is -0.118. The summed E-state index contributed by atoms with van der Waals surface area (Å²) in [6, 6.07) is 3.57. The number of fused-ring (bicyclic) bond motifs is 2. The van der Waals surface area contributed by atoms with Crippen LogP contribution in [0.3, 0.4) is 0 Å². The Morgan fingerprint density at radius 2 is 1.64 bits per heavy atom. The highest BCUT2D eigenvalue weighted by atomic mass is 16.5. The molecule has 0 radical (unpaired) electrons. The smallest absolute Gasteiger partial charge is 0.255 e. The number of benzene rings is 1. The summed E-state index contributed by atoms with van der Waals surface area (Å²) in [6.45, 7) is 7.00. The number of carbonyl (C=O) groups is 1. The Balaban J connectivity index is 1.87. The molecule has 1 aromatic rings. The SMILES string of the molecule is COc1cc(OC)c(C(=O)N[C@H]2C[C@@H]3CC[C@@]2(C)C3(C)C)cc1OC. The zero-order valence-electron chi connectivity index (χ0n) is 16.1. The van der Waals surface area contributed by atoms with Crippen molar-refractivity contribution in [1.82, 2.24) is 5.32 Å². The monoisotopic (exact) mass is 347 g/mol. The lowest BCUT2D eigenvalue weighted by Gasteiger charge is -2.39. The van der Waals surface area contributed by atoms with Gasteiger partial charge < -0.3 is 19.5 Å². The van der Waals surface area contributed by atoms with Gasteiger partial charge in [0.15, 0.2) is 11.5 Å². The fourth-order valence-corrected chi connectivity index (χ4v) is 4.86. The molecule has 1 amide bonds. The maximum Gasteiger partial charge on any atom is 0.255 e. The van der Waals surface area contributed by atoms with E-state index in [2.05, 4.69) is 26.1 Å². The molecule has 0 heterocycles. The third-order valence-corrected chi connectivity index (χ3v) is 7.05. The first kappa shape index (κ1) is 17.9.